The Morgan fingerprint density at radius 1 is 1.00 bits per heavy atom. The molecule has 5 nitrogen and oxygen atoms in total. The van der Waals surface area contributed by atoms with Gasteiger partial charge >= 0.3 is 5.97 Å². The summed E-state index contributed by atoms with van der Waals surface area (Å²) in [6.45, 7) is 2.20. The first-order chi connectivity index (χ1) is 13.9. The van der Waals surface area contributed by atoms with E-state index in [4.69, 9.17) is 21.4 Å². The molecule has 0 aliphatic heterocycles. The van der Waals surface area contributed by atoms with Gasteiger partial charge in [-0.3, -0.25) is 9.59 Å². The zero-order valence-electron chi connectivity index (χ0n) is 15.8. The van der Waals surface area contributed by atoms with E-state index >= 15 is 0 Å². The summed E-state index contributed by atoms with van der Waals surface area (Å²) in [4.78, 5) is 23.4. The molecule has 0 spiro atoms. The largest absolute Gasteiger partial charge is 0.489 e. The lowest BCUT2D eigenvalue weighted by atomic mass is 10.1. The summed E-state index contributed by atoms with van der Waals surface area (Å²) in [5.41, 5.74) is 3.52. The van der Waals surface area contributed by atoms with E-state index in [0.717, 1.165) is 11.1 Å². The van der Waals surface area contributed by atoms with E-state index in [1.807, 2.05) is 37.3 Å². The summed E-state index contributed by atoms with van der Waals surface area (Å²) in [6, 6.07) is 19.5. The first-order valence-electron chi connectivity index (χ1n) is 9.01. The maximum Gasteiger partial charge on any atom is 0.307 e. The Balaban J connectivity index is 1.68. The van der Waals surface area contributed by atoms with E-state index < -0.39 is 5.97 Å². The van der Waals surface area contributed by atoms with Gasteiger partial charge in [0, 0.05) is 16.3 Å². The zero-order valence-corrected chi connectivity index (χ0v) is 16.6. The minimum Gasteiger partial charge on any atom is -0.489 e. The molecule has 0 radical (unpaired) electrons. The van der Waals surface area contributed by atoms with Crippen LogP contribution in [0, 0.1) is 6.92 Å². The second-order valence-corrected chi connectivity index (χ2v) is 7.05. The number of hydrogen-bond acceptors (Lipinski definition) is 3. The van der Waals surface area contributed by atoms with Gasteiger partial charge in [-0.25, -0.2) is 0 Å². The molecule has 0 bridgehead atoms. The Morgan fingerprint density at radius 3 is 2.45 bits per heavy atom. The number of ether oxygens (including phenoxy) is 1. The van der Waals surface area contributed by atoms with Crippen molar-refractivity contribution in [1.82, 2.24) is 0 Å². The Labute approximate surface area is 173 Å². The lowest BCUT2D eigenvalue weighted by Crippen LogP contribution is -2.13. The Bertz CT molecular complexity index is 1030. The molecule has 1 amide bonds. The van der Waals surface area contributed by atoms with Gasteiger partial charge in [0.1, 0.15) is 12.4 Å². The highest BCUT2D eigenvalue weighted by molar-refractivity contribution is 6.30. The van der Waals surface area contributed by atoms with Crippen molar-refractivity contribution in [2.45, 2.75) is 20.0 Å². The molecule has 0 aliphatic rings. The van der Waals surface area contributed by atoms with Crippen LogP contribution in [-0.4, -0.2) is 17.0 Å². The number of carbonyl (C=O) groups is 2. The minimum absolute atomic E-state index is 0.0562. The molecule has 0 fully saturated rings. The van der Waals surface area contributed by atoms with E-state index in [9.17, 15) is 9.59 Å². The van der Waals surface area contributed by atoms with Crippen LogP contribution in [0.1, 0.15) is 27.0 Å². The van der Waals surface area contributed by atoms with E-state index in [1.165, 1.54) is 0 Å². The van der Waals surface area contributed by atoms with Crippen LogP contribution < -0.4 is 10.1 Å². The van der Waals surface area contributed by atoms with Crippen molar-refractivity contribution in [1.29, 1.82) is 0 Å². The molecule has 0 aromatic heterocycles. The van der Waals surface area contributed by atoms with Gasteiger partial charge in [-0.2, -0.15) is 0 Å². The molecule has 29 heavy (non-hydrogen) atoms. The van der Waals surface area contributed by atoms with Crippen molar-refractivity contribution >= 4 is 29.2 Å². The fourth-order valence-electron chi connectivity index (χ4n) is 2.81. The third-order valence-electron chi connectivity index (χ3n) is 4.32. The lowest BCUT2D eigenvalue weighted by Gasteiger charge is -2.12. The highest BCUT2D eigenvalue weighted by atomic mass is 35.5. The van der Waals surface area contributed by atoms with Crippen LogP contribution in [0.5, 0.6) is 5.75 Å². The normalized spacial score (nSPS) is 10.4. The molecule has 148 valence electrons. The standard InChI is InChI=1S/C23H20ClNO4/c1-15-5-10-20(29-14-17-3-2-4-18(24)11-17)13-21(15)23(28)25-19-8-6-16(7-9-19)12-22(26)27/h2-11,13H,12,14H2,1H3,(H,25,28)(H,26,27). The molecule has 0 saturated carbocycles. The maximum absolute atomic E-state index is 12.7. The van der Waals surface area contributed by atoms with Gasteiger partial charge < -0.3 is 15.2 Å². The number of amides is 1. The highest BCUT2D eigenvalue weighted by Gasteiger charge is 2.11. The van der Waals surface area contributed by atoms with Gasteiger partial charge in [0.05, 0.1) is 6.42 Å². The molecule has 0 heterocycles. The lowest BCUT2D eigenvalue weighted by molar-refractivity contribution is -0.136. The second kappa shape index (κ2) is 9.26. The smallest absolute Gasteiger partial charge is 0.307 e. The molecule has 0 atom stereocenters. The minimum atomic E-state index is -0.896. The number of aliphatic carboxylic acids is 1. The van der Waals surface area contributed by atoms with Gasteiger partial charge in [0.15, 0.2) is 0 Å². The number of carboxylic acid groups (broad SMARTS) is 1. The van der Waals surface area contributed by atoms with Crippen molar-refractivity contribution in [3.05, 3.63) is 94.0 Å². The van der Waals surface area contributed by atoms with Gasteiger partial charge in [0.25, 0.3) is 5.91 Å². The van der Waals surface area contributed by atoms with Crippen LogP contribution in [0.15, 0.2) is 66.7 Å². The van der Waals surface area contributed by atoms with Crippen molar-refractivity contribution < 1.29 is 19.4 Å². The summed E-state index contributed by atoms with van der Waals surface area (Å²) in [5, 5.41) is 12.3. The first kappa shape index (κ1) is 20.4. The van der Waals surface area contributed by atoms with Crippen molar-refractivity contribution in [2.75, 3.05) is 5.32 Å². The molecule has 0 saturated heterocycles. The van der Waals surface area contributed by atoms with Gasteiger partial charge in [-0.15, -0.1) is 0 Å². The molecule has 2 N–H and O–H groups in total. The van der Waals surface area contributed by atoms with Gasteiger partial charge in [0.2, 0.25) is 0 Å². The predicted octanol–water partition coefficient (Wildman–Crippen LogP) is 5.11. The molecule has 3 aromatic rings. The summed E-state index contributed by atoms with van der Waals surface area (Å²) < 4.78 is 5.80. The third-order valence-corrected chi connectivity index (χ3v) is 4.55. The van der Waals surface area contributed by atoms with E-state index in [1.54, 1.807) is 36.4 Å². The predicted molar refractivity (Wildman–Crippen MR) is 113 cm³/mol. The summed E-state index contributed by atoms with van der Waals surface area (Å²) in [5.74, 6) is -0.578. The Morgan fingerprint density at radius 2 is 1.76 bits per heavy atom. The van der Waals surface area contributed by atoms with E-state index in [-0.39, 0.29) is 12.3 Å². The van der Waals surface area contributed by atoms with Crippen LogP contribution in [0.2, 0.25) is 5.02 Å². The topological polar surface area (TPSA) is 75.6 Å². The van der Waals surface area contributed by atoms with Crippen LogP contribution in [0.3, 0.4) is 0 Å². The van der Waals surface area contributed by atoms with Crippen molar-refractivity contribution in [3.63, 3.8) is 0 Å². The van der Waals surface area contributed by atoms with Gasteiger partial charge in [-0.1, -0.05) is 41.9 Å². The number of nitrogens with one attached hydrogen (secondary N) is 1. The monoisotopic (exact) mass is 409 g/mol. The van der Waals surface area contributed by atoms with E-state index in [0.29, 0.717) is 34.2 Å². The average Bonchev–Trinajstić information content (AvgIpc) is 2.68. The van der Waals surface area contributed by atoms with Crippen molar-refractivity contribution in [2.24, 2.45) is 0 Å². The second-order valence-electron chi connectivity index (χ2n) is 6.62. The highest BCUT2D eigenvalue weighted by Crippen LogP contribution is 2.21. The van der Waals surface area contributed by atoms with Crippen molar-refractivity contribution in [3.8, 4) is 5.75 Å². The molecule has 0 unspecified atom stereocenters. The molecular formula is C23H20ClNO4. The molecule has 3 rings (SSSR count). The van der Waals surface area contributed by atoms with Crippen LogP contribution in [-0.2, 0) is 17.8 Å². The number of carboxylic acids is 1. The number of hydrogen-bond donors (Lipinski definition) is 2. The number of rotatable bonds is 7. The SMILES string of the molecule is Cc1ccc(OCc2cccc(Cl)c2)cc1C(=O)Nc1ccc(CC(=O)O)cc1. The van der Waals surface area contributed by atoms with E-state index in [2.05, 4.69) is 5.32 Å². The van der Waals surface area contributed by atoms with Gasteiger partial charge in [-0.05, 0) is 60.0 Å². The van der Waals surface area contributed by atoms with Crippen LogP contribution in [0.4, 0.5) is 5.69 Å². The number of aryl methyl sites for hydroxylation is 1. The van der Waals surface area contributed by atoms with Crippen LogP contribution >= 0.6 is 11.6 Å². The molecule has 0 aliphatic carbocycles. The Kier molecular flexibility index (Phi) is 6.52. The summed E-state index contributed by atoms with van der Waals surface area (Å²) in [6.07, 6.45) is -0.0562. The fraction of sp³-hybridized carbons (Fsp3) is 0.130. The van der Waals surface area contributed by atoms with Crippen LogP contribution in [0.25, 0.3) is 0 Å². The summed E-state index contributed by atoms with van der Waals surface area (Å²) >= 11 is 5.99. The number of carbonyl (C=O) groups excluding carboxylic acids is 1. The molecular weight excluding hydrogens is 390 g/mol. The first-order valence-corrected chi connectivity index (χ1v) is 9.38. The Hall–Kier alpha value is -3.31. The molecule has 3 aromatic carbocycles. The zero-order chi connectivity index (χ0) is 20.8. The average molecular weight is 410 g/mol. The number of anilines is 1. The fourth-order valence-corrected chi connectivity index (χ4v) is 3.02. The third kappa shape index (κ3) is 5.83. The number of benzene rings is 3. The quantitative estimate of drug-likeness (QED) is 0.568. The molecule has 6 heteroatoms. The summed E-state index contributed by atoms with van der Waals surface area (Å²) in [7, 11) is 0. The maximum atomic E-state index is 12.7. The number of halogens is 1.